The first kappa shape index (κ1) is 23.2. The van der Waals surface area contributed by atoms with Crippen LogP contribution in [0.3, 0.4) is 0 Å². The molecule has 8 heteroatoms. The third-order valence-corrected chi connectivity index (χ3v) is 8.76. The molecule has 7 nitrogen and oxygen atoms in total. The second-order valence-electron chi connectivity index (χ2n) is 9.41. The number of imide groups is 1. The summed E-state index contributed by atoms with van der Waals surface area (Å²) in [7, 11) is -2.35. The zero-order chi connectivity index (χ0) is 22.7. The van der Waals surface area contributed by atoms with Gasteiger partial charge >= 0.3 is 0 Å². The number of nitrogens with zero attached hydrogens (tertiary/aromatic N) is 1. The molecule has 3 aliphatic rings. The number of hydrogen-bond donors (Lipinski definition) is 1. The Morgan fingerprint density at radius 1 is 0.906 bits per heavy atom. The predicted molar refractivity (Wildman–Crippen MR) is 120 cm³/mol. The second kappa shape index (κ2) is 9.91. The van der Waals surface area contributed by atoms with Gasteiger partial charge in [-0.1, -0.05) is 51.0 Å². The molecule has 2 amide bonds. The monoisotopic (exact) mass is 462 g/mol. The number of sulfonamides is 1. The van der Waals surface area contributed by atoms with Gasteiger partial charge in [-0.15, -0.1) is 0 Å². The van der Waals surface area contributed by atoms with E-state index in [-0.39, 0.29) is 46.9 Å². The van der Waals surface area contributed by atoms with Gasteiger partial charge in [-0.2, -0.15) is 0 Å². The van der Waals surface area contributed by atoms with Crippen LogP contribution < -0.4 is 9.46 Å². The van der Waals surface area contributed by atoms with Crippen LogP contribution in [0.25, 0.3) is 0 Å². The summed E-state index contributed by atoms with van der Waals surface area (Å²) in [5.41, 5.74) is 0.615. The quantitative estimate of drug-likeness (QED) is 0.650. The Morgan fingerprint density at radius 3 is 2.06 bits per heavy atom. The molecule has 1 aromatic rings. The van der Waals surface area contributed by atoms with Crippen molar-refractivity contribution >= 4 is 21.8 Å². The van der Waals surface area contributed by atoms with Gasteiger partial charge in [-0.3, -0.25) is 14.5 Å². The molecule has 0 bridgehead atoms. The molecular formula is C24H34N2O5S. The van der Waals surface area contributed by atoms with Crippen LogP contribution >= 0.6 is 0 Å². The summed E-state index contributed by atoms with van der Waals surface area (Å²) in [5, 5.41) is 0. The molecule has 32 heavy (non-hydrogen) atoms. The first-order valence-electron chi connectivity index (χ1n) is 11.9. The number of hydrogen-bond acceptors (Lipinski definition) is 5. The largest absolute Gasteiger partial charge is 0.495 e. The smallest absolute Gasteiger partial charge is 0.244 e. The van der Waals surface area contributed by atoms with Crippen LogP contribution in [-0.2, 0) is 26.2 Å². The lowest BCUT2D eigenvalue weighted by atomic mass is 9.81. The Balaban J connectivity index is 1.54. The minimum atomic E-state index is -3.80. The molecule has 2 aliphatic carbocycles. The molecule has 1 heterocycles. The van der Waals surface area contributed by atoms with Crippen molar-refractivity contribution in [2.45, 2.75) is 88.1 Å². The van der Waals surface area contributed by atoms with E-state index in [0.29, 0.717) is 5.56 Å². The molecule has 1 saturated heterocycles. The van der Waals surface area contributed by atoms with E-state index >= 15 is 0 Å². The maximum atomic E-state index is 13.3. The van der Waals surface area contributed by atoms with E-state index in [2.05, 4.69) is 4.72 Å². The van der Waals surface area contributed by atoms with Crippen molar-refractivity contribution in [3.63, 3.8) is 0 Å². The average molecular weight is 463 g/mol. The van der Waals surface area contributed by atoms with Gasteiger partial charge in [0.2, 0.25) is 21.8 Å². The van der Waals surface area contributed by atoms with Crippen molar-refractivity contribution in [2.75, 3.05) is 7.11 Å². The number of carbonyl (C=O) groups excluding carboxylic acids is 2. The van der Waals surface area contributed by atoms with Crippen molar-refractivity contribution in [3.05, 3.63) is 23.8 Å². The van der Waals surface area contributed by atoms with Gasteiger partial charge in [0.05, 0.1) is 25.5 Å². The van der Waals surface area contributed by atoms with Crippen molar-refractivity contribution in [2.24, 2.45) is 11.8 Å². The molecular weight excluding hydrogens is 428 g/mol. The van der Waals surface area contributed by atoms with Crippen molar-refractivity contribution < 1.29 is 22.7 Å². The van der Waals surface area contributed by atoms with Crippen molar-refractivity contribution in [1.82, 2.24) is 9.62 Å². The second-order valence-corrected chi connectivity index (χ2v) is 11.1. The highest BCUT2D eigenvalue weighted by atomic mass is 32.2. The Labute approximate surface area is 190 Å². The highest BCUT2D eigenvalue weighted by Gasteiger charge is 2.47. The van der Waals surface area contributed by atoms with E-state index in [0.717, 1.165) is 64.2 Å². The third-order valence-electron chi connectivity index (χ3n) is 7.22. The summed E-state index contributed by atoms with van der Waals surface area (Å²) < 4.78 is 34.7. The van der Waals surface area contributed by atoms with Crippen LogP contribution in [0, 0.1) is 11.8 Å². The lowest BCUT2D eigenvalue weighted by Gasteiger charge is -2.22. The number of ether oxygens (including phenoxy) is 1. The number of fused-ring (bicyclic) bond motifs is 1. The van der Waals surface area contributed by atoms with Crippen molar-refractivity contribution in [3.8, 4) is 5.75 Å². The number of carbonyl (C=O) groups is 2. The SMILES string of the molecule is COc1ccc(CN2C(=O)[C@H]3CCCC[C@@H]3C2=O)cc1S(=O)(=O)NC1CCCCCCC1. The molecule has 4 rings (SSSR count). The Morgan fingerprint density at radius 2 is 1.47 bits per heavy atom. The summed E-state index contributed by atoms with van der Waals surface area (Å²) in [6.45, 7) is 0.0978. The van der Waals surface area contributed by atoms with Crippen LogP contribution in [0.1, 0.15) is 76.2 Å². The normalized spacial score (nSPS) is 25.3. The standard InChI is InChI=1S/C24H34N2O5S/c1-31-21-14-13-17(16-26-23(27)19-11-7-8-12-20(19)24(26)28)15-22(21)32(29,30)25-18-9-5-3-2-4-6-10-18/h13-15,18-20,25H,2-12,16H2,1H3/t19-,20-/m0/s1. The van der Waals surface area contributed by atoms with E-state index < -0.39 is 10.0 Å². The lowest BCUT2D eigenvalue weighted by molar-refractivity contribution is -0.140. The highest BCUT2D eigenvalue weighted by Crippen LogP contribution is 2.39. The van der Waals surface area contributed by atoms with E-state index in [1.165, 1.54) is 18.4 Å². The number of rotatable bonds is 6. The Hall–Kier alpha value is -1.93. The van der Waals surface area contributed by atoms with E-state index in [9.17, 15) is 18.0 Å². The van der Waals surface area contributed by atoms with Crippen LogP contribution in [0.4, 0.5) is 0 Å². The summed E-state index contributed by atoms with van der Waals surface area (Å²) >= 11 is 0. The lowest BCUT2D eigenvalue weighted by Crippen LogP contribution is -2.35. The predicted octanol–water partition coefficient (Wildman–Crippen LogP) is 3.76. The van der Waals surface area contributed by atoms with Gasteiger partial charge in [-0.05, 0) is 43.4 Å². The average Bonchev–Trinajstić information content (AvgIpc) is 3.00. The minimum Gasteiger partial charge on any atom is -0.495 e. The molecule has 176 valence electrons. The minimum absolute atomic E-state index is 0.0658. The Bertz CT molecular complexity index is 929. The summed E-state index contributed by atoms with van der Waals surface area (Å²) in [6, 6.07) is 4.81. The third kappa shape index (κ3) is 4.86. The maximum absolute atomic E-state index is 13.3. The molecule has 2 saturated carbocycles. The van der Waals surface area contributed by atoms with Crippen molar-refractivity contribution in [1.29, 1.82) is 0 Å². The van der Waals surface area contributed by atoms with Crippen LogP contribution in [0.15, 0.2) is 23.1 Å². The van der Waals surface area contributed by atoms with Crippen LogP contribution in [0.5, 0.6) is 5.75 Å². The summed E-state index contributed by atoms with van der Waals surface area (Å²) in [6.07, 6.45) is 10.7. The molecule has 0 aromatic heterocycles. The fourth-order valence-corrected chi connectivity index (χ4v) is 6.98. The van der Waals surface area contributed by atoms with Gasteiger partial charge in [0, 0.05) is 6.04 Å². The molecule has 3 fully saturated rings. The molecule has 1 aromatic carbocycles. The molecule has 0 unspecified atom stereocenters. The summed E-state index contributed by atoms with van der Waals surface area (Å²) in [4.78, 5) is 27.1. The van der Waals surface area contributed by atoms with E-state index in [1.54, 1.807) is 18.2 Å². The fraction of sp³-hybridized carbons (Fsp3) is 0.667. The van der Waals surface area contributed by atoms with Gasteiger partial charge in [0.25, 0.3) is 0 Å². The molecule has 1 aliphatic heterocycles. The first-order valence-corrected chi connectivity index (χ1v) is 13.4. The molecule has 0 spiro atoms. The number of benzene rings is 1. The van der Waals surface area contributed by atoms with E-state index in [1.807, 2.05) is 0 Å². The van der Waals surface area contributed by atoms with E-state index in [4.69, 9.17) is 4.74 Å². The molecule has 0 radical (unpaired) electrons. The van der Waals surface area contributed by atoms with Gasteiger partial charge in [0.1, 0.15) is 10.6 Å². The first-order chi connectivity index (χ1) is 15.4. The maximum Gasteiger partial charge on any atom is 0.244 e. The van der Waals surface area contributed by atoms with Gasteiger partial charge in [0.15, 0.2) is 0 Å². The van der Waals surface area contributed by atoms with Crippen LogP contribution in [0.2, 0.25) is 0 Å². The number of methoxy groups -OCH3 is 1. The molecule has 1 N–H and O–H groups in total. The molecule has 2 atom stereocenters. The number of likely N-dealkylation sites (tertiary alicyclic amines) is 1. The number of amides is 2. The Kier molecular flexibility index (Phi) is 7.20. The van der Waals surface area contributed by atoms with Crippen LogP contribution in [-0.4, -0.2) is 38.3 Å². The fourth-order valence-electron chi connectivity index (χ4n) is 5.46. The zero-order valence-electron chi connectivity index (χ0n) is 18.8. The zero-order valence-corrected chi connectivity index (χ0v) is 19.7. The highest BCUT2D eigenvalue weighted by molar-refractivity contribution is 7.89. The van der Waals surface area contributed by atoms with Gasteiger partial charge in [-0.25, -0.2) is 13.1 Å². The topological polar surface area (TPSA) is 92.8 Å². The number of nitrogens with one attached hydrogen (secondary N) is 1. The summed E-state index contributed by atoms with van der Waals surface area (Å²) in [5.74, 6) is -0.391. The van der Waals surface area contributed by atoms with Gasteiger partial charge < -0.3 is 4.74 Å².